The Morgan fingerprint density at radius 2 is 1.73 bits per heavy atom. The van der Waals surface area contributed by atoms with Crippen molar-refractivity contribution < 1.29 is 42.2 Å². The first-order valence-electron chi connectivity index (χ1n) is 10.1. The molecule has 2 rings (SSSR count). The third-order valence-corrected chi connectivity index (χ3v) is 4.78. The van der Waals surface area contributed by atoms with Gasteiger partial charge in [-0.3, -0.25) is 4.79 Å². The molecule has 0 spiro atoms. The Bertz CT molecular complexity index is 710. The zero-order valence-electron chi connectivity index (χ0n) is 19.8. The van der Waals surface area contributed by atoms with E-state index in [0.29, 0.717) is 19.0 Å². The van der Waals surface area contributed by atoms with Crippen molar-refractivity contribution in [1.82, 2.24) is 0 Å². The largest absolute Gasteiger partial charge is 0.467 e. The number of hydrogen-bond donors (Lipinski definition) is 0. The minimum Gasteiger partial charge on any atom is -0.467 e. The van der Waals surface area contributed by atoms with Crippen LogP contribution in [0.25, 0.3) is 6.08 Å². The van der Waals surface area contributed by atoms with Crippen LogP contribution in [0.4, 0.5) is 0 Å². The van der Waals surface area contributed by atoms with E-state index >= 15 is 0 Å². The van der Waals surface area contributed by atoms with E-state index in [9.17, 15) is 4.79 Å². The van der Waals surface area contributed by atoms with E-state index in [1.165, 1.54) is 11.1 Å². The summed E-state index contributed by atoms with van der Waals surface area (Å²) >= 11 is 0. The average Bonchev–Trinajstić information content (AvgIpc) is 2.72. The van der Waals surface area contributed by atoms with E-state index in [2.05, 4.69) is 88.4 Å². The van der Waals surface area contributed by atoms with Gasteiger partial charge in [-0.05, 0) is 23.3 Å². The molecule has 1 aromatic rings. The standard InChI is InChI=1S/C24H29O2.C2H6.CH3.Y/c1-23(2,18-26-19-25)16-17-24(3,4)22-14-12-21(13-15-22)11-10-20-8-6-5-7-9-20;1-2;;/h6-14,16-17,19,22H,15,18H2,1-4H3;1-2H3;1H3;/q-1;;-1;/b11-10+,17-16+;;;. The first-order valence-corrected chi connectivity index (χ1v) is 10.1. The van der Waals surface area contributed by atoms with Crippen molar-refractivity contribution >= 4 is 12.5 Å². The van der Waals surface area contributed by atoms with E-state index < -0.39 is 0 Å². The zero-order valence-corrected chi connectivity index (χ0v) is 22.7. The molecule has 3 heteroatoms. The van der Waals surface area contributed by atoms with Crippen LogP contribution in [0.15, 0.2) is 66.3 Å². The van der Waals surface area contributed by atoms with Crippen LogP contribution in [0.1, 0.15) is 53.5 Å². The molecule has 1 aliphatic rings. The van der Waals surface area contributed by atoms with E-state index in [1.54, 1.807) is 0 Å². The van der Waals surface area contributed by atoms with Crippen LogP contribution in [0.5, 0.6) is 0 Å². The second kappa shape index (κ2) is 15.5. The van der Waals surface area contributed by atoms with Crippen LogP contribution < -0.4 is 0 Å². The minimum absolute atomic E-state index is 0. The van der Waals surface area contributed by atoms with Gasteiger partial charge in [-0.2, -0.15) is 30.3 Å². The Morgan fingerprint density at radius 1 is 1.10 bits per heavy atom. The van der Waals surface area contributed by atoms with E-state index in [-0.39, 0.29) is 51.0 Å². The molecule has 0 bridgehead atoms. The van der Waals surface area contributed by atoms with Crippen molar-refractivity contribution in [2.24, 2.45) is 16.7 Å². The maximum atomic E-state index is 10.4. The monoisotopic (exact) mass is 483 g/mol. The van der Waals surface area contributed by atoms with Gasteiger partial charge >= 0.3 is 0 Å². The Balaban J connectivity index is 0. The first-order chi connectivity index (χ1) is 13.3. The molecule has 0 fully saturated rings. The summed E-state index contributed by atoms with van der Waals surface area (Å²) in [5.74, 6) is 0.449. The van der Waals surface area contributed by atoms with Gasteiger partial charge in [-0.1, -0.05) is 84.1 Å². The minimum atomic E-state index is -0.159. The average molecular weight is 484 g/mol. The van der Waals surface area contributed by atoms with Gasteiger partial charge in [-0.25, -0.2) is 0 Å². The number of ether oxygens (including phenoxy) is 1. The number of carbonyl (C=O) groups is 1. The molecular formula is C27H38O2Y-2. The molecule has 30 heavy (non-hydrogen) atoms. The van der Waals surface area contributed by atoms with E-state index in [1.807, 2.05) is 26.0 Å². The molecule has 0 amide bonds. The Kier molecular flexibility index (Phi) is 16.0. The SMILES string of the molecule is CC.CC(C)(/C=C/C(C)(C)C1C=CC(/C=C/c2cc[c-]cc2)=CC1)COC=O.[CH3-].[Y]. The molecule has 0 heterocycles. The van der Waals surface area contributed by atoms with Crippen LogP contribution >= 0.6 is 0 Å². The van der Waals surface area contributed by atoms with Gasteiger partial charge in [0.1, 0.15) is 0 Å². The van der Waals surface area contributed by atoms with Crippen molar-refractivity contribution in [3.8, 4) is 0 Å². The van der Waals surface area contributed by atoms with Crippen molar-refractivity contribution in [3.05, 3.63) is 85.4 Å². The van der Waals surface area contributed by atoms with Gasteiger partial charge in [0.15, 0.2) is 0 Å². The van der Waals surface area contributed by atoms with Gasteiger partial charge < -0.3 is 12.2 Å². The summed E-state index contributed by atoms with van der Waals surface area (Å²) in [6.07, 6.45) is 16.5. The molecule has 0 saturated carbocycles. The van der Waals surface area contributed by atoms with Crippen molar-refractivity contribution in [2.75, 3.05) is 6.61 Å². The molecule has 0 aromatic heterocycles. The molecule has 1 aromatic carbocycles. The summed E-state index contributed by atoms with van der Waals surface area (Å²) in [6, 6.07) is 11.0. The fourth-order valence-electron chi connectivity index (χ4n) is 2.88. The summed E-state index contributed by atoms with van der Waals surface area (Å²) in [5, 5.41) is 0. The number of rotatable bonds is 8. The third-order valence-electron chi connectivity index (χ3n) is 4.78. The molecule has 1 aliphatic carbocycles. The van der Waals surface area contributed by atoms with Crippen molar-refractivity contribution in [1.29, 1.82) is 0 Å². The van der Waals surface area contributed by atoms with E-state index in [4.69, 9.17) is 4.74 Å². The summed E-state index contributed by atoms with van der Waals surface area (Å²) < 4.78 is 4.92. The molecule has 163 valence electrons. The van der Waals surface area contributed by atoms with Crippen LogP contribution in [-0.2, 0) is 42.2 Å². The predicted octanol–water partition coefficient (Wildman–Crippen LogP) is 7.26. The summed E-state index contributed by atoms with van der Waals surface area (Å²) in [5.41, 5.74) is 2.31. The fraction of sp³-hybridized carbons (Fsp3) is 0.407. The number of carbonyl (C=O) groups excluding carboxylic acids is 1. The van der Waals surface area contributed by atoms with Gasteiger partial charge in [0.05, 0.1) is 6.61 Å². The normalized spacial score (nSPS) is 16.1. The molecule has 0 N–H and O–H groups in total. The Labute approximate surface area is 210 Å². The molecule has 1 radical (unpaired) electrons. The third kappa shape index (κ3) is 11.2. The smallest absolute Gasteiger partial charge is 0.293 e. The van der Waals surface area contributed by atoms with Gasteiger partial charge in [0.25, 0.3) is 6.47 Å². The first kappa shape index (κ1) is 30.9. The van der Waals surface area contributed by atoms with Crippen molar-refractivity contribution in [3.63, 3.8) is 0 Å². The molecule has 0 aliphatic heterocycles. The van der Waals surface area contributed by atoms with Gasteiger partial charge in [0.2, 0.25) is 0 Å². The Morgan fingerprint density at radius 3 is 2.27 bits per heavy atom. The number of benzene rings is 1. The molecule has 1 unspecified atom stereocenters. The maximum Gasteiger partial charge on any atom is 0.293 e. The van der Waals surface area contributed by atoms with E-state index in [0.717, 1.165) is 6.42 Å². The fourth-order valence-corrected chi connectivity index (χ4v) is 2.88. The second-order valence-corrected chi connectivity index (χ2v) is 8.12. The molecule has 0 saturated heterocycles. The summed E-state index contributed by atoms with van der Waals surface area (Å²) in [7, 11) is 0. The summed E-state index contributed by atoms with van der Waals surface area (Å²) in [4.78, 5) is 10.4. The molecule has 1 atom stereocenters. The molecule has 2 nitrogen and oxygen atoms in total. The van der Waals surface area contributed by atoms with Crippen LogP contribution in [-0.4, -0.2) is 13.1 Å². The topological polar surface area (TPSA) is 26.3 Å². The van der Waals surface area contributed by atoms with Crippen LogP contribution in [0, 0.1) is 30.2 Å². The zero-order chi connectivity index (χ0) is 21.0. The van der Waals surface area contributed by atoms with Crippen molar-refractivity contribution in [2.45, 2.75) is 48.0 Å². The van der Waals surface area contributed by atoms with Gasteiger partial charge in [-0.15, -0.1) is 5.56 Å². The maximum absolute atomic E-state index is 10.4. The van der Waals surface area contributed by atoms with Gasteiger partial charge in [0, 0.05) is 38.1 Å². The molecular weight excluding hydrogens is 445 g/mol. The number of hydrogen-bond acceptors (Lipinski definition) is 2. The quantitative estimate of drug-likeness (QED) is 0.221. The van der Waals surface area contributed by atoms with Crippen LogP contribution in [0.2, 0.25) is 0 Å². The predicted molar refractivity (Wildman–Crippen MR) is 126 cm³/mol. The van der Waals surface area contributed by atoms with Crippen LogP contribution in [0.3, 0.4) is 0 Å². The second-order valence-electron chi connectivity index (χ2n) is 8.12. The number of allylic oxidation sites excluding steroid dienone is 6. The Hall–Kier alpha value is -1.25. The summed E-state index contributed by atoms with van der Waals surface area (Å²) in [6.45, 7) is 13.6.